The van der Waals surface area contributed by atoms with Crippen molar-refractivity contribution >= 4 is 29.4 Å². The number of pyridine rings is 2. The summed E-state index contributed by atoms with van der Waals surface area (Å²) in [5, 5.41) is 0. The monoisotopic (exact) mass is 341 g/mol. The number of hydrogen-bond acceptors (Lipinski definition) is 6. The third-order valence-electron chi connectivity index (χ3n) is 5.40. The Balaban J connectivity index is 1.65. The molecule has 0 atom stereocenters. The summed E-state index contributed by atoms with van der Waals surface area (Å²) in [6.45, 7) is 11.4. The molecule has 6 nitrogen and oxygen atoms in total. The molecule has 2 aromatic heterocycles. The van der Waals surface area contributed by atoms with E-state index in [0.29, 0.717) is 0 Å². The molecule has 0 aromatic carbocycles. The van der Waals surface area contributed by atoms with Gasteiger partial charge < -0.3 is 18.9 Å². The van der Waals surface area contributed by atoms with Gasteiger partial charge in [-0.2, -0.15) is 0 Å². The average molecular weight is 341 g/mol. The normalized spacial score (nSPS) is 22.6. The quantitative estimate of drug-likeness (QED) is 0.776. The van der Waals surface area contributed by atoms with Crippen LogP contribution >= 0.6 is 0 Å². The molecule has 2 aliphatic heterocycles. The maximum absolute atomic E-state index is 6.13. The van der Waals surface area contributed by atoms with Crippen LogP contribution in [-0.4, -0.2) is 54.6 Å². The highest BCUT2D eigenvalue weighted by Gasteiger charge is 2.51. The standard InChI is InChI=1S/C18H24BN3O3/c1-17(2)18(3,4)25-19(24-17)13-11-15-14(20-12-13)5-6-16(21-15)22-7-9-23-10-8-22/h5-6,11-12H,7-10H2,1-4H3. The molecule has 0 saturated carbocycles. The van der Waals surface area contributed by atoms with Gasteiger partial charge in [0.25, 0.3) is 0 Å². The van der Waals surface area contributed by atoms with Crippen molar-refractivity contribution in [3.05, 3.63) is 24.4 Å². The van der Waals surface area contributed by atoms with E-state index in [4.69, 9.17) is 19.0 Å². The number of rotatable bonds is 2. The van der Waals surface area contributed by atoms with Gasteiger partial charge in [0, 0.05) is 24.7 Å². The van der Waals surface area contributed by atoms with Crippen LogP contribution in [-0.2, 0) is 14.0 Å². The molecule has 0 aliphatic carbocycles. The molecule has 2 fully saturated rings. The van der Waals surface area contributed by atoms with E-state index in [2.05, 4.69) is 37.6 Å². The number of aromatic nitrogens is 2. The van der Waals surface area contributed by atoms with E-state index in [1.165, 1.54) is 0 Å². The molecular formula is C18H24BN3O3. The van der Waals surface area contributed by atoms with Gasteiger partial charge >= 0.3 is 7.12 Å². The molecule has 7 heteroatoms. The summed E-state index contributed by atoms with van der Waals surface area (Å²) in [4.78, 5) is 11.6. The maximum Gasteiger partial charge on any atom is 0.496 e. The summed E-state index contributed by atoms with van der Waals surface area (Å²) < 4.78 is 17.7. The Bertz CT molecular complexity index is 774. The van der Waals surface area contributed by atoms with Crippen molar-refractivity contribution in [2.45, 2.75) is 38.9 Å². The van der Waals surface area contributed by atoms with E-state index in [1.54, 1.807) is 0 Å². The SMILES string of the molecule is CC1(C)OB(c2cnc3ccc(N4CCOCC4)nc3c2)OC1(C)C. The van der Waals surface area contributed by atoms with E-state index in [1.807, 2.05) is 24.4 Å². The van der Waals surface area contributed by atoms with Crippen molar-refractivity contribution in [1.29, 1.82) is 0 Å². The molecule has 0 unspecified atom stereocenters. The summed E-state index contributed by atoms with van der Waals surface area (Å²) in [6, 6.07) is 6.06. The summed E-state index contributed by atoms with van der Waals surface area (Å²) >= 11 is 0. The fourth-order valence-electron chi connectivity index (χ4n) is 3.09. The van der Waals surface area contributed by atoms with Crippen LogP contribution < -0.4 is 10.4 Å². The van der Waals surface area contributed by atoms with Gasteiger partial charge in [0.05, 0.1) is 35.4 Å². The molecule has 25 heavy (non-hydrogen) atoms. The number of hydrogen-bond donors (Lipinski definition) is 0. The lowest BCUT2D eigenvalue weighted by molar-refractivity contribution is 0.00578. The molecule has 0 spiro atoms. The zero-order chi connectivity index (χ0) is 17.7. The summed E-state index contributed by atoms with van der Waals surface area (Å²) in [6.07, 6.45) is 1.82. The van der Waals surface area contributed by atoms with E-state index >= 15 is 0 Å². The zero-order valence-electron chi connectivity index (χ0n) is 15.3. The second-order valence-corrected chi connectivity index (χ2v) is 7.66. The molecule has 0 radical (unpaired) electrons. The third kappa shape index (κ3) is 3.01. The molecule has 0 amide bonds. The molecule has 2 saturated heterocycles. The Morgan fingerprint density at radius 3 is 2.36 bits per heavy atom. The van der Waals surface area contributed by atoms with Gasteiger partial charge in [-0.25, -0.2) is 4.98 Å². The zero-order valence-corrected chi connectivity index (χ0v) is 15.3. The van der Waals surface area contributed by atoms with Crippen molar-refractivity contribution in [3.63, 3.8) is 0 Å². The van der Waals surface area contributed by atoms with Gasteiger partial charge in [-0.3, -0.25) is 4.98 Å². The van der Waals surface area contributed by atoms with Crippen molar-refractivity contribution in [3.8, 4) is 0 Å². The second-order valence-electron chi connectivity index (χ2n) is 7.66. The molecule has 2 aliphatic rings. The minimum absolute atomic E-state index is 0.365. The topological polar surface area (TPSA) is 56.7 Å². The van der Waals surface area contributed by atoms with Crippen molar-refractivity contribution in [2.75, 3.05) is 31.2 Å². The predicted molar refractivity (Wildman–Crippen MR) is 98.3 cm³/mol. The van der Waals surface area contributed by atoms with Crippen LogP contribution in [0.25, 0.3) is 11.0 Å². The number of morpholine rings is 1. The number of nitrogens with zero attached hydrogens (tertiary/aromatic N) is 3. The van der Waals surface area contributed by atoms with Crippen LogP contribution in [0.1, 0.15) is 27.7 Å². The van der Waals surface area contributed by atoms with Crippen LogP contribution in [0.5, 0.6) is 0 Å². The maximum atomic E-state index is 6.13. The lowest BCUT2D eigenvalue weighted by Gasteiger charge is -2.32. The van der Waals surface area contributed by atoms with Crippen LogP contribution in [0, 0.1) is 0 Å². The fourth-order valence-corrected chi connectivity index (χ4v) is 3.09. The average Bonchev–Trinajstić information content (AvgIpc) is 2.82. The highest BCUT2D eigenvalue weighted by molar-refractivity contribution is 6.62. The molecule has 0 bridgehead atoms. The summed E-state index contributed by atoms with van der Waals surface area (Å²) in [7, 11) is -0.421. The summed E-state index contributed by atoms with van der Waals surface area (Å²) in [5.41, 5.74) is 1.90. The molecular weight excluding hydrogens is 317 g/mol. The highest BCUT2D eigenvalue weighted by atomic mass is 16.7. The lowest BCUT2D eigenvalue weighted by atomic mass is 9.80. The predicted octanol–water partition coefficient (Wildman–Crippen LogP) is 1.77. The van der Waals surface area contributed by atoms with Gasteiger partial charge in [-0.15, -0.1) is 0 Å². The first-order valence-electron chi connectivity index (χ1n) is 8.81. The van der Waals surface area contributed by atoms with Crippen LogP contribution in [0.3, 0.4) is 0 Å². The van der Waals surface area contributed by atoms with Crippen molar-refractivity contribution in [2.24, 2.45) is 0 Å². The summed E-state index contributed by atoms with van der Waals surface area (Å²) in [5.74, 6) is 0.962. The van der Waals surface area contributed by atoms with Gasteiger partial charge in [0.15, 0.2) is 0 Å². The van der Waals surface area contributed by atoms with Crippen molar-refractivity contribution < 1.29 is 14.0 Å². The van der Waals surface area contributed by atoms with Gasteiger partial charge in [-0.1, -0.05) is 0 Å². The first kappa shape index (κ1) is 16.8. The van der Waals surface area contributed by atoms with E-state index in [-0.39, 0.29) is 11.2 Å². The minimum Gasteiger partial charge on any atom is -0.399 e. The van der Waals surface area contributed by atoms with E-state index < -0.39 is 7.12 Å². The van der Waals surface area contributed by atoms with Crippen LogP contribution in [0.2, 0.25) is 0 Å². The molecule has 4 rings (SSSR count). The molecule has 4 heterocycles. The van der Waals surface area contributed by atoms with Gasteiger partial charge in [0.1, 0.15) is 5.82 Å². The lowest BCUT2D eigenvalue weighted by Crippen LogP contribution is -2.41. The first-order chi connectivity index (χ1) is 11.9. The first-order valence-corrected chi connectivity index (χ1v) is 8.81. The van der Waals surface area contributed by atoms with Gasteiger partial charge in [0.2, 0.25) is 0 Å². The Morgan fingerprint density at radius 2 is 1.68 bits per heavy atom. The van der Waals surface area contributed by atoms with Crippen LogP contribution in [0.15, 0.2) is 24.4 Å². The third-order valence-corrected chi connectivity index (χ3v) is 5.40. The smallest absolute Gasteiger partial charge is 0.399 e. The molecule has 0 N–H and O–H groups in total. The Morgan fingerprint density at radius 1 is 1.00 bits per heavy atom. The number of anilines is 1. The largest absolute Gasteiger partial charge is 0.496 e. The molecule has 132 valence electrons. The minimum atomic E-state index is -0.421. The fraction of sp³-hybridized carbons (Fsp3) is 0.556. The van der Waals surface area contributed by atoms with Gasteiger partial charge in [-0.05, 0) is 45.9 Å². The Hall–Kier alpha value is -1.70. The van der Waals surface area contributed by atoms with E-state index in [9.17, 15) is 0 Å². The number of ether oxygens (including phenoxy) is 1. The Kier molecular flexibility index (Phi) is 3.98. The van der Waals surface area contributed by atoms with Crippen molar-refractivity contribution in [1.82, 2.24) is 9.97 Å². The Labute approximate surface area is 148 Å². The number of fused-ring (bicyclic) bond motifs is 1. The van der Waals surface area contributed by atoms with E-state index in [0.717, 1.165) is 48.6 Å². The highest BCUT2D eigenvalue weighted by Crippen LogP contribution is 2.36. The second kappa shape index (κ2) is 5.93. The molecule has 2 aromatic rings. The van der Waals surface area contributed by atoms with Crippen LogP contribution in [0.4, 0.5) is 5.82 Å².